The summed E-state index contributed by atoms with van der Waals surface area (Å²) in [5, 5.41) is 5.65. The van der Waals surface area contributed by atoms with Crippen LogP contribution in [0, 0.1) is 0 Å². The van der Waals surface area contributed by atoms with Crippen molar-refractivity contribution in [2.24, 2.45) is 0 Å². The summed E-state index contributed by atoms with van der Waals surface area (Å²) >= 11 is 0. The van der Waals surface area contributed by atoms with Crippen LogP contribution in [-0.2, 0) is 4.79 Å². The van der Waals surface area contributed by atoms with Gasteiger partial charge in [0.05, 0.1) is 11.7 Å². The van der Waals surface area contributed by atoms with Crippen LogP contribution in [0.1, 0.15) is 39.3 Å². The summed E-state index contributed by atoms with van der Waals surface area (Å²) in [5.74, 6) is 0.482. The molecule has 2 N–H and O–H groups in total. The van der Waals surface area contributed by atoms with Gasteiger partial charge in [-0.05, 0) is 45.4 Å². The molecule has 2 aromatic carbocycles. The zero-order chi connectivity index (χ0) is 19.6. The minimum absolute atomic E-state index is 0.0260. The summed E-state index contributed by atoms with van der Waals surface area (Å²) in [4.78, 5) is 26.3. The Morgan fingerprint density at radius 1 is 1.15 bits per heavy atom. The first-order valence-electron chi connectivity index (χ1n) is 8.97. The van der Waals surface area contributed by atoms with Crippen LogP contribution >= 0.6 is 0 Å². The smallest absolute Gasteiger partial charge is 0.319 e. The van der Waals surface area contributed by atoms with Gasteiger partial charge in [0.1, 0.15) is 5.75 Å². The number of urea groups is 1. The molecule has 1 aliphatic rings. The predicted octanol–water partition coefficient (Wildman–Crippen LogP) is 4.09. The van der Waals surface area contributed by atoms with Gasteiger partial charge in [-0.25, -0.2) is 4.79 Å². The Kier molecular flexibility index (Phi) is 5.08. The third-order valence-electron chi connectivity index (χ3n) is 4.25. The van der Waals surface area contributed by atoms with E-state index >= 15 is 0 Å². The fourth-order valence-corrected chi connectivity index (χ4v) is 3.06. The van der Waals surface area contributed by atoms with E-state index in [0.29, 0.717) is 17.1 Å². The average molecular weight is 367 g/mol. The highest BCUT2D eigenvalue weighted by atomic mass is 16.5. The lowest BCUT2D eigenvalue weighted by atomic mass is 10.0. The molecule has 6 nitrogen and oxygen atoms in total. The Balaban J connectivity index is 1.84. The summed E-state index contributed by atoms with van der Waals surface area (Å²) in [6.07, 6.45) is 0. The van der Waals surface area contributed by atoms with Gasteiger partial charge in [-0.15, -0.1) is 0 Å². The number of hydrogen-bond acceptors (Lipinski definition) is 3. The number of nitrogens with one attached hydrogen (secondary N) is 2. The maximum absolute atomic E-state index is 12.5. The monoisotopic (exact) mass is 367 g/mol. The molecule has 3 rings (SSSR count). The molecule has 1 unspecified atom stereocenters. The van der Waals surface area contributed by atoms with E-state index in [-0.39, 0.29) is 30.1 Å². The first kappa shape index (κ1) is 18.8. The number of benzene rings is 2. The zero-order valence-electron chi connectivity index (χ0n) is 16.1. The molecule has 2 aromatic rings. The van der Waals surface area contributed by atoms with Gasteiger partial charge in [0.15, 0.2) is 6.61 Å². The van der Waals surface area contributed by atoms with Crippen molar-refractivity contribution in [3.63, 3.8) is 0 Å². The summed E-state index contributed by atoms with van der Waals surface area (Å²) in [7, 11) is 0. The Morgan fingerprint density at radius 2 is 1.85 bits per heavy atom. The number of carbonyl (C=O) groups is 2. The van der Waals surface area contributed by atoms with E-state index in [0.717, 1.165) is 5.56 Å². The van der Waals surface area contributed by atoms with Gasteiger partial charge in [0, 0.05) is 17.3 Å². The van der Waals surface area contributed by atoms with Crippen LogP contribution in [0.2, 0.25) is 0 Å². The molecule has 6 heteroatoms. The predicted molar refractivity (Wildman–Crippen MR) is 106 cm³/mol. The maximum atomic E-state index is 12.5. The van der Waals surface area contributed by atoms with Crippen LogP contribution in [0.25, 0.3) is 0 Å². The van der Waals surface area contributed by atoms with Crippen LogP contribution in [0.15, 0.2) is 48.5 Å². The average Bonchev–Trinajstić information content (AvgIpc) is 2.60. The Labute approximate surface area is 159 Å². The maximum Gasteiger partial charge on any atom is 0.319 e. The molecule has 0 spiro atoms. The van der Waals surface area contributed by atoms with Gasteiger partial charge in [-0.2, -0.15) is 0 Å². The van der Waals surface area contributed by atoms with E-state index in [1.165, 1.54) is 0 Å². The number of amides is 3. The van der Waals surface area contributed by atoms with E-state index in [9.17, 15) is 9.59 Å². The number of carbonyl (C=O) groups excluding carboxylic acids is 2. The Hall–Kier alpha value is -3.02. The topological polar surface area (TPSA) is 70.7 Å². The third kappa shape index (κ3) is 4.39. The van der Waals surface area contributed by atoms with Gasteiger partial charge in [-0.3, -0.25) is 9.69 Å². The summed E-state index contributed by atoms with van der Waals surface area (Å²) in [5.41, 5.74) is 2.02. The zero-order valence-corrected chi connectivity index (χ0v) is 16.1. The molecule has 142 valence electrons. The van der Waals surface area contributed by atoms with Crippen LogP contribution in [-0.4, -0.2) is 24.1 Å². The molecule has 0 aromatic heterocycles. The highest BCUT2D eigenvalue weighted by Gasteiger charge is 2.30. The van der Waals surface area contributed by atoms with Gasteiger partial charge >= 0.3 is 6.03 Å². The quantitative estimate of drug-likeness (QED) is 0.858. The van der Waals surface area contributed by atoms with Gasteiger partial charge < -0.3 is 15.4 Å². The van der Waals surface area contributed by atoms with Crippen LogP contribution in [0.5, 0.6) is 5.75 Å². The molecule has 0 fully saturated rings. The van der Waals surface area contributed by atoms with Crippen molar-refractivity contribution >= 4 is 23.3 Å². The second kappa shape index (κ2) is 7.31. The van der Waals surface area contributed by atoms with Crippen LogP contribution in [0.3, 0.4) is 0 Å². The lowest BCUT2D eigenvalue weighted by Gasteiger charge is -2.34. The van der Waals surface area contributed by atoms with E-state index in [1.807, 2.05) is 58.0 Å². The lowest BCUT2D eigenvalue weighted by molar-refractivity contribution is -0.121. The third-order valence-corrected chi connectivity index (χ3v) is 4.25. The number of ether oxygens (including phenoxy) is 1. The van der Waals surface area contributed by atoms with Gasteiger partial charge in [-0.1, -0.05) is 30.3 Å². The van der Waals surface area contributed by atoms with E-state index in [4.69, 9.17) is 4.74 Å². The number of anilines is 2. The van der Waals surface area contributed by atoms with Crippen LogP contribution in [0.4, 0.5) is 16.2 Å². The molecular formula is C21H25N3O3. The molecule has 1 atom stereocenters. The second-order valence-electron chi connectivity index (χ2n) is 7.65. The van der Waals surface area contributed by atoms with E-state index in [1.54, 1.807) is 23.1 Å². The SMILES string of the molecule is CC(c1ccccc1)N1C(=O)COc2cc(NC(=O)NC(C)(C)C)ccc21. The fraction of sp³-hybridized carbons (Fsp3) is 0.333. The minimum Gasteiger partial charge on any atom is -0.481 e. The van der Waals surface area contributed by atoms with Crippen molar-refractivity contribution < 1.29 is 14.3 Å². The number of nitrogens with zero attached hydrogens (tertiary/aromatic N) is 1. The van der Waals surface area contributed by atoms with Crippen LogP contribution < -0.4 is 20.3 Å². The number of fused-ring (bicyclic) bond motifs is 1. The molecule has 1 aliphatic heterocycles. The van der Waals surface area contributed by atoms with Crippen molar-refractivity contribution in [3.8, 4) is 5.75 Å². The molecule has 27 heavy (non-hydrogen) atoms. The van der Waals surface area contributed by atoms with Crippen molar-refractivity contribution in [1.29, 1.82) is 0 Å². The summed E-state index contributed by atoms with van der Waals surface area (Å²) < 4.78 is 5.61. The number of hydrogen-bond donors (Lipinski definition) is 2. The number of rotatable bonds is 3. The molecule has 3 amide bonds. The molecule has 0 radical (unpaired) electrons. The van der Waals surface area contributed by atoms with Crippen molar-refractivity contribution in [3.05, 3.63) is 54.1 Å². The molecule has 1 heterocycles. The standard InChI is InChI=1S/C21H25N3O3/c1-14(15-8-6-5-7-9-15)24-17-11-10-16(12-18(17)27-13-19(24)25)22-20(26)23-21(2,3)4/h5-12,14H,13H2,1-4H3,(H2,22,23,26). The van der Waals surface area contributed by atoms with E-state index in [2.05, 4.69) is 10.6 Å². The molecule has 0 saturated carbocycles. The highest BCUT2D eigenvalue weighted by molar-refractivity contribution is 5.99. The first-order chi connectivity index (χ1) is 12.7. The van der Waals surface area contributed by atoms with Gasteiger partial charge in [0.2, 0.25) is 0 Å². The Morgan fingerprint density at radius 3 is 2.52 bits per heavy atom. The van der Waals surface area contributed by atoms with Crippen molar-refractivity contribution in [2.75, 3.05) is 16.8 Å². The summed E-state index contributed by atoms with van der Waals surface area (Å²) in [6, 6.07) is 14.8. The summed E-state index contributed by atoms with van der Waals surface area (Å²) in [6.45, 7) is 7.71. The molecule has 0 aliphatic carbocycles. The largest absolute Gasteiger partial charge is 0.481 e. The van der Waals surface area contributed by atoms with Crippen molar-refractivity contribution in [2.45, 2.75) is 39.3 Å². The molecule has 0 saturated heterocycles. The highest BCUT2D eigenvalue weighted by Crippen LogP contribution is 2.39. The fourth-order valence-electron chi connectivity index (χ4n) is 3.06. The van der Waals surface area contributed by atoms with Gasteiger partial charge in [0.25, 0.3) is 5.91 Å². The normalized spacial score (nSPS) is 14.8. The lowest BCUT2D eigenvalue weighted by Crippen LogP contribution is -2.43. The minimum atomic E-state index is -0.330. The van der Waals surface area contributed by atoms with Crippen molar-refractivity contribution in [1.82, 2.24) is 5.32 Å². The Bertz CT molecular complexity index is 843. The van der Waals surface area contributed by atoms with E-state index < -0.39 is 0 Å². The second-order valence-corrected chi connectivity index (χ2v) is 7.65. The molecular weight excluding hydrogens is 342 g/mol. The first-order valence-corrected chi connectivity index (χ1v) is 8.97. The molecule has 0 bridgehead atoms.